The summed E-state index contributed by atoms with van der Waals surface area (Å²) in [5.41, 5.74) is 6.37. The molecule has 0 aliphatic rings. The van der Waals surface area contributed by atoms with E-state index < -0.39 is 12.0 Å². The summed E-state index contributed by atoms with van der Waals surface area (Å²) < 4.78 is 0. The van der Waals surface area contributed by atoms with Crippen molar-refractivity contribution in [3.63, 3.8) is 0 Å². The molecule has 1 atom stereocenters. The van der Waals surface area contributed by atoms with E-state index >= 15 is 0 Å². The second kappa shape index (κ2) is 8.94. The van der Waals surface area contributed by atoms with Gasteiger partial charge in [-0.1, -0.05) is 45.2 Å². The molecule has 0 amide bonds. The predicted molar refractivity (Wildman–Crippen MR) is 80.0 cm³/mol. The fourth-order valence-electron chi connectivity index (χ4n) is 1.56. The summed E-state index contributed by atoms with van der Waals surface area (Å²) in [5, 5.41) is 10.6. The number of nitrogens with one attached hydrogen (secondary N) is 1. The molecule has 4 N–H and O–H groups in total. The summed E-state index contributed by atoms with van der Waals surface area (Å²) in [5.74, 6) is -1.01. The number of allylic oxidation sites excluding steroid dienone is 2. The van der Waals surface area contributed by atoms with Crippen molar-refractivity contribution in [1.29, 1.82) is 0 Å². The van der Waals surface area contributed by atoms with Crippen molar-refractivity contribution in [3.8, 4) is 0 Å². The average Bonchev–Trinajstić information content (AvgIpc) is 2.76. The highest BCUT2D eigenvalue weighted by Gasteiger charge is 2.13. The number of aliphatic carboxylic acids is 1. The van der Waals surface area contributed by atoms with Crippen LogP contribution >= 0.6 is 0 Å². The summed E-state index contributed by atoms with van der Waals surface area (Å²) in [7, 11) is 0. The third kappa shape index (κ3) is 4.97. The molecule has 4 nitrogen and oxygen atoms in total. The molecule has 1 aromatic rings. The number of H-pyrrole nitrogens is 1. The SMILES string of the molecule is C=C/C=c1/c(CC(N)C(=O)O)c[nH]/c1=C/C=C.CC. The smallest absolute Gasteiger partial charge is 0.320 e. The normalized spacial score (nSPS) is 13.4. The summed E-state index contributed by atoms with van der Waals surface area (Å²) in [6.45, 7) is 11.3. The molecule has 0 aliphatic carbocycles. The lowest BCUT2D eigenvalue weighted by Gasteiger charge is -2.03. The molecule has 0 radical (unpaired) electrons. The molecule has 1 heterocycles. The monoisotopic (exact) mass is 262 g/mol. The number of hydrogen-bond acceptors (Lipinski definition) is 2. The largest absolute Gasteiger partial charge is 0.480 e. The van der Waals surface area contributed by atoms with Crippen molar-refractivity contribution in [3.05, 3.63) is 47.6 Å². The van der Waals surface area contributed by atoms with Gasteiger partial charge in [0.1, 0.15) is 6.04 Å². The number of rotatable bonds is 5. The summed E-state index contributed by atoms with van der Waals surface area (Å²) in [4.78, 5) is 13.8. The lowest BCUT2D eigenvalue weighted by atomic mass is 10.1. The summed E-state index contributed by atoms with van der Waals surface area (Å²) >= 11 is 0. The molecule has 4 heteroatoms. The van der Waals surface area contributed by atoms with Crippen LogP contribution in [0.2, 0.25) is 0 Å². The number of hydrogen-bond donors (Lipinski definition) is 3. The van der Waals surface area contributed by atoms with Gasteiger partial charge in [-0.2, -0.15) is 0 Å². The molecule has 104 valence electrons. The van der Waals surface area contributed by atoms with Gasteiger partial charge in [0.25, 0.3) is 0 Å². The highest BCUT2D eigenvalue weighted by atomic mass is 16.4. The lowest BCUT2D eigenvalue weighted by Crippen LogP contribution is -2.35. The van der Waals surface area contributed by atoms with Crippen LogP contribution in [0.15, 0.2) is 31.5 Å². The number of aromatic nitrogens is 1. The van der Waals surface area contributed by atoms with Crippen LogP contribution in [-0.4, -0.2) is 22.1 Å². The van der Waals surface area contributed by atoms with E-state index in [0.29, 0.717) is 0 Å². The zero-order chi connectivity index (χ0) is 14.8. The Morgan fingerprint density at radius 2 is 2.00 bits per heavy atom. The van der Waals surface area contributed by atoms with Crippen molar-refractivity contribution in [1.82, 2.24) is 4.98 Å². The van der Waals surface area contributed by atoms with Crippen LogP contribution in [0.25, 0.3) is 12.2 Å². The van der Waals surface area contributed by atoms with Gasteiger partial charge >= 0.3 is 5.97 Å². The van der Waals surface area contributed by atoms with E-state index in [0.717, 1.165) is 16.1 Å². The molecule has 1 aromatic heterocycles. The molecule has 0 spiro atoms. The van der Waals surface area contributed by atoms with Gasteiger partial charge in [0.05, 0.1) is 0 Å². The van der Waals surface area contributed by atoms with Crippen molar-refractivity contribution in [2.45, 2.75) is 26.3 Å². The Kier molecular flexibility index (Phi) is 7.97. The second-order valence-electron chi connectivity index (χ2n) is 3.59. The first-order valence-electron chi connectivity index (χ1n) is 6.20. The van der Waals surface area contributed by atoms with E-state index in [2.05, 4.69) is 18.1 Å². The van der Waals surface area contributed by atoms with Crippen LogP contribution in [0.4, 0.5) is 0 Å². The van der Waals surface area contributed by atoms with Crippen molar-refractivity contribution in [2.75, 3.05) is 0 Å². The number of carboxylic acids is 1. The first-order chi connectivity index (χ1) is 9.10. The van der Waals surface area contributed by atoms with Crippen molar-refractivity contribution >= 4 is 18.1 Å². The summed E-state index contributed by atoms with van der Waals surface area (Å²) in [6.07, 6.45) is 8.97. The van der Waals surface area contributed by atoms with Crippen LogP contribution in [0.3, 0.4) is 0 Å². The first-order valence-corrected chi connectivity index (χ1v) is 6.20. The molecular weight excluding hydrogens is 240 g/mol. The molecule has 0 saturated heterocycles. The third-order valence-electron chi connectivity index (χ3n) is 2.36. The number of aromatic amines is 1. The van der Waals surface area contributed by atoms with Gasteiger partial charge in [0.15, 0.2) is 0 Å². The van der Waals surface area contributed by atoms with E-state index in [1.807, 2.05) is 26.0 Å². The standard InChI is InChI=1S/C13H16N2O2.C2H6/c1-3-5-10-9(7-11(14)13(16)17)8-15-12(10)6-4-2;1-2/h3-6,8,11,15H,1-2,7,14H2,(H,16,17);1-2H3/b10-5-,12-6+;. The number of carbonyl (C=O) groups is 1. The molecule has 0 saturated carbocycles. The Labute approximate surface area is 113 Å². The Hall–Kier alpha value is -2.07. The molecule has 0 fully saturated rings. The number of nitrogens with two attached hydrogens (primary N) is 1. The van der Waals surface area contributed by atoms with Gasteiger partial charge in [0.2, 0.25) is 0 Å². The molecular formula is C15H22N2O2. The quantitative estimate of drug-likeness (QED) is 0.738. The van der Waals surface area contributed by atoms with Gasteiger partial charge in [-0.25, -0.2) is 0 Å². The van der Waals surface area contributed by atoms with Crippen LogP contribution in [0, 0.1) is 0 Å². The zero-order valence-corrected chi connectivity index (χ0v) is 11.5. The van der Waals surface area contributed by atoms with E-state index in [4.69, 9.17) is 10.8 Å². The van der Waals surface area contributed by atoms with Gasteiger partial charge in [-0.15, -0.1) is 0 Å². The van der Waals surface area contributed by atoms with Gasteiger partial charge in [-0.3, -0.25) is 4.79 Å². The maximum atomic E-state index is 10.7. The Balaban J connectivity index is 0.00000154. The van der Waals surface area contributed by atoms with E-state index in [1.165, 1.54) is 0 Å². The maximum absolute atomic E-state index is 10.7. The lowest BCUT2D eigenvalue weighted by molar-refractivity contribution is -0.138. The fraction of sp³-hybridized carbons (Fsp3) is 0.267. The highest BCUT2D eigenvalue weighted by Crippen LogP contribution is 1.94. The molecule has 19 heavy (non-hydrogen) atoms. The maximum Gasteiger partial charge on any atom is 0.320 e. The van der Waals surface area contributed by atoms with Crippen LogP contribution in [-0.2, 0) is 11.2 Å². The average molecular weight is 262 g/mol. The topological polar surface area (TPSA) is 79.1 Å². The predicted octanol–water partition coefficient (Wildman–Crippen LogP) is 0.928. The first kappa shape index (κ1) is 16.9. The van der Waals surface area contributed by atoms with Crippen molar-refractivity contribution < 1.29 is 9.90 Å². The molecule has 1 rings (SSSR count). The molecule has 0 aromatic carbocycles. The minimum atomic E-state index is -1.01. The van der Waals surface area contributed by atoms with Crippen molar-refractivity contribution in [2.24, 2.45) is 5.73 Å². The van der Waals surface area contributed by atoms with Crippen LogP contribution in [0.1, 0.15) is 19.4 Å². The molecule has 0 bridgehead atoms. The Morgan fingerprint density at radius 3 is 2.47 bits per heavy atom. The van der Waals surface area contributed by atoms with Gasteiger partial charge in [0, 0.05) is 23.2 Å². The summed E-state index contributed by atoms with van der Waals surface area (Å²) in [6, 6.07) is -0.903. The Morgan fingerprint density at radius 1 is 1.42 bits per heavy atom. The fourth-order valence-corrected chi connectivity index (χ4v) is 1.56. The van der Waals surface area contributed by atoms with Gasteiger partial charge in [-0.05, 0) is 11.6 Å². The molecule has 0 aliphatic heterocycles. The zero-order valence-electron chi connectivity index (χ0n) is 11.5. The minimum absolute atomic E-state index is 0.274. The van der Waals surface area contributed by atoms with Crippen LogP contribution < -0.4 is 16.3 Å². The van der Waals surface area contributed by atoms with Crippen LogP contribution in [0.5, 0.6) is 0 Å². The van der Waals surface area contributed by atoms with Gasteiger partial charge < -0.3 is 15.8 Å². The van der Waals surface area contributed by atoms with E-state index in [9.17, 15) is 4.79 Å². The Bertz CT molecular complexity index is 541. The molecule has 1 unspecified atom stereocenters. The van der Waals surface area contributed by atoms with E-state index in [1.54, 1.807) is 18.3 Å². The minimum Gasteiger partial charge on any atom is -0.480 e. The third-order valence-corrected chi connectivity index (χ3v) is 2.36. The number of carboxylic acid groups (broad SMARTS) is 1. The van der Waals surface area contributed by atoms with E-state index in [-0.39, 0.29) is 6.42 Å². The second-order valence-corrected chi connectivity index (χ2v) is 3.59. The highest BCUT2D eigenvalue weighted by molar-refractivity contribution is 5.73.